The summed E-state index contributed by atoms with van der Waals surface area (Å²) in [5.41, 5.74) is 7.27. The van der Waals surface area contributed by atoms with Gasteiger partial charge >= 0.3 is 5.97 Å². The number of carbonyl (C=O) groups is 2. The summed E-state index contributed by atoms with van der Waals surface area (Å²) in [5.74, 6) is 0.0988. The van der Waals surface area contributed by atoms with Gasteiger partial charge in [-0.1, -0.05) is 78.3 Å². The number of hydrogen-bond acceptors (Lipinski definition) is 3. The van der Waals surface area contributed by atoms with Gasteiger partial charge in [0.25, 0.3) is 0 Å². The molecule has 6 unspecified atom stereocenters. The van der Waals surface area contributed by atoms with Gasteiger partial charge in [-0.25, -0.2) is 0 Å². The zero-order chi connectivity index (χ0) is 29.2. The van der Waals surface area contributed by atoms with Gasteiger partial charge in [0.05, 0.1) is 7.11 Å². The van der Waals surface area contributed by atoms with E-state index in [1.165, 1.54) is 18.3 Å². The Morgan fingerprint density at radius 1 is 1.05 bits per heavy atom. The van der Waals surface area contributed by atoms with Gasteiger partial charge in [0.2, 0.25) is 0 Å². The zero-order valence-electron chi connectivity index (χ0n) is 25.1. The van der Waals surface area contributed by atoms with Gasteiger partial charge in [-0.2, -0.15) is 0 Å². The van der Waals surface area contributed by atoms with E-state index in [0.717, 1.165) is 55.6 Å². The monoisotopic (exact) mass is 657 g/mol. The maximum atomic E-state index is 13.4. The van der Waals surface area contributed by atoms with Crippen LogP contribution in [0.25, 0.3) is 40.5 Å². The first-order valence-corrected chi connectivity index (χ1v) is 14.7. The van der Waals surface area contributed by atoms with E-state index in [1.54, 1.807) is 0 Å². The summed E-state index contributed by atoms with van der Waals surface area (Å²) in [6.45, 7) is 14.7. The Kier molecular flexibility index (Phi) is 8.63. The van der Waals surface area contributed by atoms with Crippen molar-refractivity contribution < 1.29 is 36.7 Å². The fraction of sp³-hybridized carbons (Fsp3) is 0.471. The fourth-order valence-corrected chi connectivity index (χ4v) is 7.42. The first-order valence-electron chi connectivity index (χ1n) is 14.7. The van der Waals surface area contributed by atoms with E-state index < -0.39 is 0 Å². The normalized spacial score (nSPS) is 30.2. The number of ketones is 1. The third-order valence-electron chi connectivity index (χ3n) is 9.86. The van der Waals surface area contributed by atoms with Crippen LogP contribution in [0.5, 0.6) is 0 Å². The van der Waals surface area contributed by atoms with Crippen LogP contribution in [0.3, 0.4) is 0 Å². The van der Waals surface area contributed by atoms with Crippen LogP contribution in [-0.4, -0.2) is 43.0 Å². The van der Waals surface area contributed by atoms with Crippen molar-refractivity contribution in [3.8, 4) is 0 Å². The minimum absolute atomic E-state index is 0. The van der Waals surface area contributed by atoms with E-state index >= 15 is 0 Å². The molecule has 2 aromatic heterocycles. The summed E-state index contributed by atoms with van der Waals surface area (Å²) >= 11 is 0. The Hall–Kier alpha value is -2.68. The van der Waals surface area contributed by atoms with Crippen LogP contribution in [0.1, 0.15) is 73.5 Å². The van der Waals surface area contributed by atoms with E-state index in [9.17, 15) is 9.59 Å². The summed E-state index contributed by atoms with van der Waals surface area (Å²) in [6, 6.07) is -0.514. The first-order chi connectivity index (χ1) is 19.7. The number of hydrogen-bond donors (Lipinski definition) is 0. The predicted molar refractivity (Wildman–Crippen MR) is 162 cm³/mol. The van der Waals surface area contributed by atoms with Crippen molar-refractivity contribution in [2.75, 3.05) is 7.11 Å². The van der Waals surface area contributed by atoms with Crippen molar-refractivity contribution in [1.29, 1.82) is 0 Å². The molecule has 0 saturated carbocycles. The number of Topliss-reactive ketones (excluding diaryl/α,β-unsaturated/α-hetero) is 1. The standard InChI is InChI=1S/C34H38N4O3.Ag/c1-8-20-16(3)24-13-26-18(5)22(10-11-31(40)41-7)33(37-26)23-12-30(39)32-19(6)27(38-34(23)32)15-29-21(9-2)17(4)25(36-29)14-28(20)35-24;/h8,13-15,18,22,25-26,29,33H,1,9-12H2,2-7H3;/q-4;/b24-13-,27-15-,28-14-;. The molecule has 1 aliphatic carbocycles. The molecule has 6 atom stereocenters. The average molecular weight is 659 g/mol. The number of aromatic nitrogens is 2. The molecule has 1 fully saturated rings. The van der Waals surface area contributed by atoms with Gasteiger partial charge in [0, 0.05) is 40.8 Å². The number of fused-ring (bicyclic) bond motifs is 8. The van der Waals surface area contributed by atoms with E-state index in [1.807, 2.05) is 13.0 Å². The van der Waals surface area contributed by atoms with Gasteiger partial charge in [0.15, 0.2) is 5.78 Å². The fourth-order valence-electron chi connectivity index (χ4n) is 7.42. The molecule has 0 aromatic carbocycles. The molecular formula is C34H38AgN4O3-4. The number of esters is 1. The van der Waals surface area contributed by atoms with Crippen molar-refractivity contribution in [1.82, 2.24) is 9.97 Å². The molecule has 227 valence electrons. The molecule has 0 amide bonds. The van der Waals surface area contributed by atoms with E-state index in [4.69, 9.17) is 25.3 Å². The Morgan fingerprint density at radius 3 is 2.45 bits per heavy atom. The molecule has 6 rings (SSSR count). The number of rotatable bonds is 5. The van der Waals surface area contributed by atoms with Crippen molar-refractivity contribution in [3.63, 3.8) is 0 Å². The van der Waals surface area contributed by atoms with Crippen LogP contribution in [0.2, 0.25) is 0 Å². The van der Waals surface area contributed by atoms with Crippen LogP contribution >= 0.6 is 0 Å². The number of nitrogens with zero attached hydrogens (tertiary/aromatic N) is 4. The molecule has 8 heteroatoms. The third-order valence-corrected chi connectivity index (χ3v) is 9.86. The van der Waals surface area contributed by atoms with Gasteiger partial charge in [-0.15, -0.1) is 51.7 Å². The minimum atomic E-state index is -0.229. The first kappa shape index (κ1) is 30.8. The summed E-state index contributed by atoms with van der Waals surface area (Å²) in [6.07, 6.45) is 10.5. The molecule has 1 saturated heterocycles. The predicted octanol–water partition coefficient (Wildman–Crippen LogP) is 2.83. The smallest absolute Gasteiger partial charge is 0.305 e. The average Bonchev–Trinajstić information content (AvgIpc) is 3.70. The minimum Gasteiger partial charge on any atom is -0.658 e. The summed E-state index contributed by atoms with van der Waals surface area (Å²) in [7, 11) is 1.42. The topological polar surface area (TPSA) is 99.8 Å². The molecule has 7 nitrogen and oxygen atoms in total. The van der Waals surface area contributed by atoms with E-state index in [-0.39, 0.29) is 70.1 Å². The van der Waals surface area contributed by atoms with Crippen LogP contribution in [0.15, 0.2) is 17.7 Å². The number of methoxy groups -OCH3 is 1. The van der Waals surface area contributed by atoms with Crippen molar-refractivity contribution in [2.45, 2.75) is 84.5 Å². The summed E-state index contributed by atoms with van der Waals surface area (Å²) in [4.78, 5) is 35.8. The van der Waals surface area contributed by atoms with Crippen molar-refractivity contribution in [3.05, 3.63) is 72.0 Å². The SMILES string of the molecule is C=Cc1c(C)/c2[n-]/c1=C\C1[N-]C(/C=c3\[n-]c4c(c3C)C(=O)CC=4C3[N-]C(\C=2)C(C)C3CCC(=O)OC)C(CC)=C1C.[Ag]. The second-order valence-corrected chi connectivity index (χ2v) is 11.9. The second kappa shape index (κ2) is 11.8. The Balaban J connectivity index is 0.00000353. The van der Waals surface area contributed by atoms with E-state index in [2.05, 4.69) is 52.5 Å². The second-order valence-electron chi connectivity index (χ2n) is 11.9. The molecule has 0 spiro atoms. The molecule has 5 heterocycles. The zero-order valence-corrected chi connectivity index (χ0v) is 26.6. The van der Waals surface area contributed by atoms with Crippen LogP contribution in [-0.2, 0) is 31.9 Å². The summed E-state index contributed by atoms with van der Waals surface area (Å²) in [5, 5.41) is 13.9. The molecule has 0 N–H and O–H groups in total. The van der Waals surface area contributed by atoms with Crippen molar-refractivity contribution >= 4 is 41.6 Å². The molecule has 4 aliphatic rings. The molecule has 1 radical (unpaired) electrons. The van der Waals surface area contributed by atoms with Gasteiger partial charge in [0.1, 0.15) is 0 Å². The van der Waals surface area contributed by atoms with Crippen LogP contribution in [0, 0.1) is 25.7 Å². The number of carbonyl (C=O) groups excluding carboxylic acids is 2. The maximum Gasteiger partial charge on any atom is 0.305 e. The molecule has 42 heavy (non-hydrogen) atoms. The molecule has 8 bridgehead atoms. The van der Waals surface area contributed by atoms with Crippen LogP contribution in [0.4, 0.5) is 0 Å². The third kappa shape index (κ3) is 4.89. The van der Waals surface area contributed by atoms with Gasteiger partial charge in [-0.05, 0) is 39.2 Å². The molecular weight excluding hydrogens is 620 g/mol. The Bertz CT molecular complexity index is 1740. The molecule has 2 aromatic rings. The maximum absolute atomic E-state index is 13.4. The van der Waals surface area contributed by atoms with Gasteiger partial charge < -0.3 is 25.3 Å². The Labute approximate surface area is 262 Å². The Morgan fingerprint density at radius 2 is 1.76 bits per heavy atom. The van der Waals surface area contributed by atoms with E-state index in [0.29, 0.717) is 19.3 Å². The number of ether oxygens (including phenoxy) is 1. The van der Waals surface area contributed by atoms with Crippen molar-refractivity contribution in [2.24, 2.45) is 11.8 Å². The van der Waals surface area contributed by atoms with Crippen LogP contribution < -0.4 is 31.4 Å². The van der Waals surface area contributed by atoms with Gasteiger partial charge in [-0.3, -0.25) is 9.59 Å². The largest absolute Gasteiger partial charge is 0.658 e. The molecule has 3 aliphatic heterocycles. The summed E-state index contributed by atoms with van der Waals surface area (Å²) < 4.78 is 4.97. The quantitative estimate of drug-likeness (QED) is 0.280.